The molecule has 1 saturated heterocycles. The smallest absolute Gasteiger partial charge is 0.251 e. The van der Waals surface area contributed by atoms with Crippen molar-refractivity contribution in [3.8, 4) is 0 Å². The maximum Gasteiger partial charge on any atom is 0.251 e. The summed E-state index contributed by atoms with van der Waals surface area (Å²) in [5.74, 6) is -0.294. The van der Waals surface area contributed by atoms with E-state index in [9.17, 15) is 13.2 Å². The van der Waals surface area contributed by atoms with Gasteiger partial charge in [0.05, 0.1) is 24.2 Å². The summed E-state index contributed by atoms with van der Waals surface area (Å²) in [7, 11) is -3.57. The molecule has 0 unspecified atom stereocenters. The van der Waals surface area contributed by atoms with Crippen LogP contribution >= 0.6 is 11.6 Å². The first-order chi connectivity index (χ1) is 12.9. The SMILES string of the molecule is C[C@@H](NC(=O)c1ccc(S(=O)(=O)N2CCOCC2)cc1)c1ccccc1Cl. The van der Waals surface area contributed by atoms with Crippen LogP contribution in [-0.4, -0.2) is 44.9 Å². The molecule has 0 radical (unpaired) electrons. The van der Waals surface area contributed by atoms with Crippen molar-refractivity contribution in [2.75, 3.05) is 26.3 Å². The van der Waals surface area contributed by atoms with Crippen LogP contribution in [0.5, 0.6) is 0 Å². The van der Waals surface area contributed by atoms with E-state index in [1.165, 1.54) is 28.6 Å². The summed E-state index contributed by atoms with van der Waals surface area (Å²) in [5, 5.41) is 3.46. The summed E-state index contributed by atoms with van der Waals surface area (Å²) in [4.78, 5) is 12.6. The monoisotopic (exact) mass is 408 g/mol. The van der Waals surface area contributed by atoms with E-state index in [4.69, 9.17) is 16.3 Å². The molecule has 1 N–H and O–H groups in total. The lowest BCUT2D eigenvalue weighted by Crippen LogP contribution is -2.40. The van der Waals surface area contributed by atoms with Gasteiger partial charge in [-0.3, -0.25) is 4.79 Å². The average molecular weight is 409 g/mol. The maximum atomic E-state index is 12.6. The van der Waals surface area contributed by atoms with Gasteiger partial charge in [0, 0.05) is 23.7 Å². The molecule has 1 fully saturated rings. The molecule has 1 heterocycles. The highest BCUT2D eigenvalue weighted by Crippen LogP contribution is 2.23. The molecule has 1 aliphatic heterocycles. The third-order valence-corrected chi connectivity index (χ3v) is 6.70. The number of sulfonamides is 1. The van der Waals surface area contributed by atoms with Gasteiger partial charge in [-0.2, -0.15) is 4.31 Å². The third kappa shape index (κ3) is 4.50. The number of carbonyl (C=O) groups is 1. The molecule has 0 aromatic heterocycles. The van der Waals surface area contributed by atoms with E-state index < -0.39 is 10.0 Å². The van der Waals surface area contributed by atoms with Crippen molar-refractivity contribution in [1.29, 1.82) is 0 Å². The Balaban J connectivity index is 1.71. The van der Waals surface area contributed by atoms with Gasteiger partial charge in [-0.25, -0.2) is 8.42 Å². The second-order valence-corrected chi connectivity index (χ2v) is 8.60. The molecule has 27 heavy (non-hydrogen) atoms. The van der Waals surface area contributed by atoms with E-state index >= 15 is 0 Å². The predicted octanol–water partition coefficient (Wildman–Crippen LogP) is 2.85. The van der Waals surface area contributed by atoms with Gasteiger partial charge in [0.25, 0.3) is 5.91 Å². The third-order valence-electron chi connectivity index (χ3n) is 4.44. The highest BCUT2D eigenvalue weighted by atomic mass is 35.5. The second kappa shape index (κ2) is 8.39. The van der Waals surface area contributed by atoms with Crippen LogP contribution in [0.15, 0.2) is 53.4 Å². The summed E-state index contributed by atoms with van der Waals surface area (Å²) in [6.45, 7) is 3.29. The molecule has 0 saturated carbocycles. The molecule has 8 heteroatoms. The Morgan fingerprint density at radius 2 is 1.74 bits per heavy atom. The van der Waals surface area contributed by atoms with Crippen molar-refractivity contribution < 1.29 is 17.9 Å². The molecule has 2 aromatic rings. The zero-order valence-corrected chi connectivity index (χ0v) is 16.5. The minimum atomic E-state index is -3.57. The van der Waals surface area contributed by atoms with Crippen molar-refractivity contribution in [3.63, 3.8) is 0 Å². The maximum absolute atomic E-state index is 12.6. The molecule has 2 aromatic carbocycles. The molecular formula is C19H21ClN2O4S. The number of ether oxygens (including phenoxy) is 1. The van der Waals surface area contributed by atoms with Crippen molar-refractivity contribution in [2.45, 2.75) is 17.9 Å². The molecular weight excluding hydrogens is 388 g/mol. The summed E-state index contributed by atoms with van der Waals surface area (Å²) >= 11 is 6.16. The fourth-order valence-electron chi connectivity index (χ4n) is 2.90. The van der Waals surface area contributed by atoms with E-state index in [0.717, 1.165) is 5.56 Å². The standard InChI is InChI=1S/C19H21ClN2O4S/c1-14(17-4-2-3-5-18(17)20)21-19(23)15-6-8-16(9-7-15)27(24,25)22-10-12-26-13-11-22/h2-9,14H,10-13H2,1H3,(H,21,23)/t14-/m1/s1. The van der Waals surface area contributed by atoms with Gasteiger partial charge in [0.1, 0.15) is 0 Å². The normalized spacial score (nSPS) is 16.7. The molecule has 1 atom stereocenters. The minimum Gasteiger partial charge on any atom is -0.379 e. The molecule has 6 nitrogen and oxygen atoms in total. The highest BCUT2D eigenvalue weighted by molar-refractivity contribution is 7.89. The van der Waals surface area contributed by atoms with Crippen molar-refractivity contribution in [3.05, 3.63) is 64.7 Å². The fraction of sp³-hybridized carbons (Fsp3) is 0.316. The predicted molar refractivity (Wildman–Crippen MR) is 103 cm³/mol. The molecule has 1 aliphatic rings. The average Bonchev–Trinajstić information content (AvgIpc) is 2.69. The minimum absolute atomic E-state index is 0.167. The highest BCUT2D eigenvalue weighted by Gasteiger charge is 2.26. The van der Waals surface area contributed by atoms with Gasteiger partial charge in [0.2, 0.25) is 10.0 Å². The first kappa shape index (κ1) is 19.8. The zero-order valence-electron chi connectivity index (χ0n) is 14.9. The molecule has 1 amide bonds. The number of rotatable bonds is 5. The Morgan fingerprint density at radius 1 is 1.11 bits per heavy atom. The Hall–Kier alpha value is -1.93. The number of amides is 1. The van der Waals surface area contributed by atoms with Crippen LogP contribution in [-0.2, 0) is 14.8 Å². The number of morpholine rings is 1. The number of benzene rings is 2. The van der Waals surface area contributed by atoms with Gasteiger partial charge in [-0.05, 0) is 42.8 Å². The van der Waals surface area contributed by atoms with E-state index in [0.29, 0.717) is 36.9 Å². The topological polar surface area (TPSA) is 75.7 Å². The van der Waals surface area contributed by atoms with E-state index in [2.05, 4.69) is 5.32 Å². The Morgan fingerprint density at radius 3 is 2.37 bits per heavy atom. The van der Waals surface area contributed by atoms with Crippen LogP contribution in [0.2, 0.25) is 5.02 Å². The molecule has 144 valence electrons. The van der Waals surface area contributed by atoms with Crippen LogP contribution in [0.3, 0.4) is 0 Å². The number of nitrogens with zero attached hydrogens (tertiary/aromatic N) is 1. The number of hydrogen-bond donors (Lipinski definition) is 1. The van der Waals surface area contributed by atoms with Crippen molar-refractivity contribution in [1.82, 2.24) is 9.62 Å². The van der Waals surface area contributed by atoms with Crippen LogP contribution < -0.4 is 5.32 Å². The lowest BCUT2D eigenvalue weighted by Gasteiger charge is -2.26. The summed E-state index contributed by atoms with van der Waals surface area (Å²) in [6.07, 6.45) is 0. The quantitative estimate of drug-likeness (QED) is 0.825. The van der Waals surface area contributed by atoms with E-state index in [1.807, 2.05) is 25.1 Å². The van der Waals surface area contributed by atoms with Crippen LogP contribution in [0.1, 0.15) is 28.9 Å². The lowest BCUT2D eigenvalue weighted by atomic mass is 10.1. The largest absolute Gasteiger partial charge is 0.379 e. The Labute approximate surface area is 164 Å². The van der Waals surface area contributed by atoms with E-state index in [1.54, 1.807) is 6.07 Å². The lowest BCUT2D eigenvalue weighted by molar-refractivity contribution is 0.0730. The van der Waals surface area contributed by atoms with Crippen LogP contribution in [0, 0.1) is 0 Å². The Kier molecular flexibility index (Phi) is 6.16. The Bertz CT molecular complexity index is 910. The number of hydrogen-bond acceptors (Lipinski definition) is 4. The first-order valence-electron chi connectivity index (χ1n) is 8.63. The van der Waals surface area contributed by atoms with Crippen molar-refractivity contribution in [2.24, 2.45) is 0 Å². The van der Waals surface area contributed by atoms with Gasteiger partial charge < -0.3 is 10.1 Å². The number of halogens is 1. The van der Waals surface area contributed by atoms with Crippen LogP contribution in [0.25, 0.3) is 0 Å². The summed E-state index contributed by atoms with van der Waals surface area (Å²) < 4.78 is 31.8. The van der Waals surface area contributed by atoms with Crippen LogP contribution in [0.4, 0.5) is 0 Å². The summed E-state index contributed by atoms with van der Waals surface area (Å²) in [5.41, 5.74) is 1.20. The van der Waals surface area contributed by atoms with E-state index in [-0.39, 0.29) is 16.8 Å². The van der Waals surface area contributed by atoms with Gasteiger partial charge in [-0.15, -0.1) is 0 Å². The number of nitrogens with one attached hydrogen (secondary N) is 1. The molecule has 3 rings (SSSR count). The first-order valence-corrected chi connectivity index (χ1v) is 10.4. The van der Waals surface area contributed by atoms with Gasteiger partial charge in [0.15, 0.2) is 0 Å². The molecule has 0 bridgehead atoms. The van der Waals surface area contributed by atoms with Gasteiger partial charge in [-0.1, -0.05) is 29.8 Å². The fourth-order valence-corrected chi connectivity index (χ4v) is 4.61. The second-order valence-electron chi connectivity index (χ2n) is 6.26. The molecule has 0 aliphatic carbocycles. The molecule has 0 spiro atoms. The van der Waals surface area contributed by atoms with Crippen molar-refractivity contribution >= 4 is 27.5 Å². The summed E-state index contributed by atoms with van der Waals surface area (Å²) in [6, 6.07) is 13.0. The zero-order chi connectivity index (χ0) is 19.4. The number of carbonyl (C=O) groups excluding carboxylic acids is 1. The van der Waals surface area contributed by atoms with Gasteiger partial charge >= 0.3 is 0 Å².